The van der Waals surface area contributed by atoms with Gasteiger partial charge in [-0.3, -0.25) is 14.6 Å². The Bertz CT molecular complexity index is 1370. The first-order chi connectivity index (χ1) is 18.6. The molecule has 3 aromatic heterocycles. The molecule has 2 aliphatic heterocycles. The van der Waals surface area contributed by atoms with Crippen molar-refractivity contribution in [2.45, 2.75) is 31.8 Å². The predicted molar refractivity (Wildman–Crippen MR) is 154 cm³/mol. The van der Waals surface area contributed by atoms with E-state index in [1.165, 1.54) is 0 Å². The highest BCUT2D eigenvalue weighted by Gasteiger charge is 2.30. The van der Waals surface area contributed by atoms with Gasteiger partial charge >= 0.3 is 0 Å². The smallest absolute Gasteiger partial charge is 0.128 e. The minimum absolute atomic E-state index is 0.265. The molecule has 8 nitrogen and oxygen atoms in total. The van der Waals surface area contributed by atoms with Crippen LogP contribution in [0.1, 0.15) is 19.8 Å². The summed E-state index contributed by atoms with van der Waals surface area (Å²) in [6.07, 6.45) is 9.84. The monoisotopic (exact) mass is 510 g/mol. The summed E-state index contributed by atoms with van der Waals surface area (Å²) in [6.45, 7) is 9.98. The van der Waals surface area contributed by atoms with Crippen LogP contribution in [-0.2, 0) is 7.05 Å². The Balaban J connectivity index is 1.27. The summed E-state index contributed by atoms with van der Waals surface area (Å²) in [6, 6.07) is 13.6. The van der Waals surface area contributed by atoms with Crippen molar-refractivity contribution in [1.29, 1.82) is 0 Å². The van der Waals surface area contributed by atoms with Crippen LogP contribution >= 0.6 is 0 Å². The van der Waals surface area contributed by atoms with Gasteiger partial charge in [-0.1, -0.05) is 13.0 Å². The van der Waals surface area contributed by atoms with Crippen molar-refractivity contribution in [1.82, 2.24) is 29.5 Å². The number of aryl methyl sites for hydroxylation is 1. The summed E-state index contributed by atoms with van der Waals surface area (Å²) in [5.41, 5.74) is 11.8. The molecule has 0 saturated carbocycles. The zero-order valence-electron chi connectivity index (χ0n) is 22.5. The van der Waals surface area contributed by atoms with Gasteiger partial charge in [-0.2, -0.15) is 5.10 Å². The van der Waals surface area contributed by atoms with Crippen LogP contribution in [0, 0.1) is 0 Å². The summed E-state index contributed by atoms with van der Waals surface area (Å²) < 4.78 is 1.83. The molecule has 0 bridgehead atoms. The average molecular weight is 511 g/mol. The van der Waals surface area contributed by atoms with Crippen molar-refractivity contribution in [3.8, 4) is 22.3 Å². The molecule has 1 aromatic carbocycles. The number of hydrogen-bond donors (Lipinski definition) is 1. The van der Waals surface area contributed by atoms with Gasteiger partial charge in [0.1, 0.15) is 5.82 Å². The van der Waals surface area contributed by atoms with E-state index >= 15 is 0 Å². The van der Waals surface area contributed by atoms with Crippen molar-refractivity contribution in [3.05, 3.63) is 61.2 Å². The number of fused-ring (bicyclic) bond motifs is 1. The van der Waals surface area contributed by atoms with Crippen LogP contribution in [0.5, 0.6) is 0 Å². The Kier molecular flexibility index (Phi) is 7.10. The van der Waals surface area contributed by atoms with Gasteiger partial charge in [0, 0.05) is 93.5 Å². The molecule has 0 radical (unpaired) electrons. The number of pyridine rings is 2. The normalized spacial score (nSPS) is 21.3. The Labute approximate surface area is 225 Å². The molecule has 2 atom stereocenters. The molecule has 2 unspecified atom stereocenters. The summed E-state index contributed by atoms with van der Waals surface area (Å²) in [7, 11) is 1.94. The molecule has 0 amide bonds. The first-order valence-electron chi connectivity index (χ1n) is 13.9. The molecule has 38 heavy (non-hydrogen) atoms. The van der Waals surface area contributed by atoms with Crippen LogP contribution in [0.3, 0.4) is 0 Å². The fourth-order valence-electron chi connectivity index (χ4n) is 6.02. The van der Waals surface area contributed by atoms with E-state index < -0.39 is 0 Å². The topological polar surface area (TPSA) is 79.3 Å². The van der Waals surface area contributed by atoms with Gasteiger partial charge in [-0.05, 0) is 60.8 Å². The lowest BCUT2D eigenvalue weighted by Crippen LogP contribution is -2.55. The lowest BCUT2D eigenvalue weighted by atomic mass is 9.96. The van der Waals surface area contributed by atoms with E-state index in [1.54, 1.807) is 0 Å². The Morgan fingerprint density at radius 1 is 0.921 bits per heavy atom. The molecule has 6 rings (SSSR count). The molecule has 8 heteroatoms. The number of rotatable bonds is 6. The van der Waals surface area contributed by atoms with Crippen molar-refractivity contribution in [2.75, 3.05) is 50.7 Å². The van der Waals surface area contributed by atoms with Gasteiger partial charge < -0.3 is 15.5 Å². The maximum atomic E-state index is 6.45. The molecule has 2 saturated heterocycles. The molecular weight excluding hydrogens is 472 g/mol. The molecular formula is C30H38N8. The minimum atomic E-state index is 0.265. The summed E-state index contributed by atoms with van der Waals surface area (Å²) in [4.78, 5) is 17.3. The Hall–Kier alpha value is -3.33. The fourth-order valence-corrected chi connectivity index (χ4v) is 6.02. The first kappa shape index (κ1) is 25.0. The second-order valence-corrected chi connectivity index (χ2v) is 10.8. The lowest BCUT2D eigenvalue weighted by molar-refractivity contribution is 0.126. The zero-order valence-corrected chi connectivity index (χ0v) is 22.5. The number of nitrogens with two attached hydrogens (primary N) is 1. The second-order valence-electron chi connectivity index (χ2n) is 10.8. The third-order valence-electron chi connectivity index (χ3n) is 8.25. The second kappa shape index (κ2) is 10.8. The third-order valence-corrected chi connectivity index (χ3v) is 8.25. The summed E-state index contributed by atoms with van der Waals surface area (Å²) >= 11 is 0. The lowest BCUT2D eigenvalue weighted by Gasteiger charge is -2.43. The Morgan fingerprint density at radius 3 is 2.50 bits per heavy atom. The van der Waals surface area contributed by atoms with Gasteiger partial charge in [-0.25, -0.2) is 4.98 Å². The van der Waals surface area contributed by atoms with Crippen molar-refractivity contribution in [2.24, 2.45) is 12.8 Å². The van der Waals surface area contributed by atoms with Crippen LogP contribution in [0.2, 0.25) is 0 Å². The molecule has 2 fully saturated rings. The first-order valence-corrected chi connectivity index (χ1v) is 13.9. The molecule has 0 aliphatic carbocycles. The number of likely N-dealkylation sites (N-methyl/N-ethyl adjacent to an activating group) is 1. The van der Waals surface area contributed by atoms with Crippen LogP contribution in [-0.4, -0.2) is 87.4 Å². The summed E-state index contributed by atoms with van der Waals surface area (Å²) in [5, 5.41) is 5.49. The fraction of sp³-hybridized carbons (Fsp3) is 0.433. The average Bonchev–Trinajstić information content (AvgIpc) is 3.39. The highest BCUT2D eigenvalue weighted by atomic mass is 15.3. The van der Waals surface area contributed by atoms with Crippen LogP contribution in [0.15, 0.2) is 61.2 Å². The van der Waals surface area contributed by atoms with E-state index in [0.29, 0.717) is 6.04 Å². The minimum Gasteiger partial charge on any atom is -0.352 e. The van der Waals surface area contributed by atoms with Crippen LogP contribution < -0.4 is 10.6 Å². The quantitative estimate of drug-likeness (QED) is 0.424. The van der Waals surface area contributed by atoms with Crippen LogP contribution in [0.4, 0.5) is 5.82 Å². The predicted octanol–water partition coefficient (Wildman–Crippen LogP) is 3.63. The van der Waals surface area contributed by atoms with Gasteiger partial charge in [0.2, 0.25) is 0 Å². The maximum absolute atomic E-state index is 6.45. The number of anilines is 1. The van der Waals surface area contributed by atoms with Gasteiger partial charge in [0.05, 0.1) is 11.7 Å². The van der Waals surface area contributed by atoms with E-state index in [9.17, 15) is 0 Å². The summed E-state index contributed by atoms with van der Waals surface area (Å²) in [5.74, 6) is 1.05. The largest absolute Gasteiger partial charge is 0.352 e. The van der Waals surface area contributed by atoms with Gasteiger partial charge in [-0.15, -0.1) is 0 Å². The van der Waals surface area contributed by atoms with Crippen molar-refractivity contribution in [3.63, 3.8) is 0 Å². The SMILES string of the molecule is CCN1CCN(CC2CC(N)CCN2c2ccc(-c3cc(-c4cnn(C)c4)cc4ncccc34)cn2)CC1. The number of piperidine rings is 1. The van der Waals surface area contributed by atoms with Crippen molar-refractivity contribution >= 4 is 16.7 Å². The number of piperazine rings is 1. The van der Waals surface area contributed by atoms with E-state index in [4.69, 9.17) is 10.7 Å². The van der Waals surface area contributed by atoms with E-state index in [2.05, 4.69) is 62.0 Å². The molecule has 2 N–H and O–H groups in total. The molecule has 198 valence electrons. The van der Waals surface area contributed by atoms with Gasteiger partial charge in [0.15, 0.2) is 0 Å². The number of benzene rings is 1. The van der Waals surface area contributed by atoms with E-state index in [-0.39, 0.29) is 6.04 Å². The van der Waals surface area contributed by atoms with Crippen molar-refractivity contribution < 1.29 is 0 Å². The number of nitrogens with zero attached hydrogens (tertiary/aromatic N) is 7. The van der Waals surface area contributed by atoms with E-state index in [1.807, 2.05) is 42.6 Å². The molecule has 5 heterocycles. The number of hydrogen-bond acceptors (Lipinski definition) is 7. The Morgan fingerprint density at radius 2 is 1.76 bits per heavy atom. The molecule has 2 aliphatic rings. The van der Waals surface area contributed by atoms with Crippen LogP contribution in [0.25, 0.3) is 33.2 Å². The third kappa shape index (κ3) is 5.16. The number of aromatic nitrogens is 4. The van der Waals surface area contributed by atoms with Gasteiger partial charge in [0.25, 0.3) is 0 Å². The zero-order chi connectivity index (χ0) is 26.1. The standard InChI is InChI=1S/C30H38N8/c1-3-36-11-13-37(14-12-36)21-26-17-25(31)8-10-38(26)30-7-6-22(18-33-30)28-15-23(24-19-34-35(2)20-24)16-29-27(28)5-4-9-32-29/h4-7,9,15-16,18-20,25-26H,3,8,10-14,17,21,31H2,1-2H3. The maximum Gasteiger partial charge on any atom is 0.128 e. The molecule has 4 aromatic rings. The highest BCUT2D eigenvalue weighted by Crippen LogP contribution is 2.34. The van der Waals surface area contributed by atoms with E-state index in [0.717, 1.165) is 97.6 Å². The molecule has 0 spiro atoms. The highest BCUT2D eigenvalue weighted by molar-refractivity contribution is 5.98.